The molecule has 10 heteroatoms. The fourth-order valence-electron chi connectivity index (χ4n) is 4.41. The van der Waals surface area contributed by atoms with Gasteiger partial charge in [-0.2, -0.15) is 4.98 Å². The van der Waals surface area contributed by atoms with E-state index < -0.39 is 18.2 Å². The van der Waals surface area contributed by atoms with Crippen LogP contribution in [-0.2, 0) is 16.0 Å². The summed E-state index contributed by atoms with van der Waals surface area (Å²) >= 11 is 6.19. The maximum Gasteiger partial charge on any atom is 0.337 e. The van der Waals surface area contributed by atoms with E-state index in [1.807, 2.05) is 18.2 Å². The fraction of sp³-hybridized carbons (Fsp3) is 0.250. The standard InChI is InChI=1S/C28H25ClFN3O5/c1-36-27(35)18-7-9-21(10-8-18)37-16-20-14-19(30)15-33(20)26(34)13-17-6-11-24-25(12-17)38-28(32-24)31-23-5-3-2-4-22(23)29/h2-12,19-20H,13-16H2,1H3,(H,31,32). The van der Waals surface area contributed by atoms with E-state index in [1.54, 1.807) is 48.5 Å². The van der Waals surface area contributed by atoms with Crippen LogP contribution >= 0.6 is 11.6 Å². The molecule has 0 saturated carbocycles. The molecule has 4 aromatic rings. The van der Waals surface area contributed by atoms with Crippen LogP contribution in [0.4, 0.5) is 16.1 Å². The Labute approximate surface area is 223 Å². The number of nitrogens with one attached hydrogen (secondary N) is 1. The van der Waals surface area contributed by atoms with Crippen molar-refractivity contribution in [2.24, 2.45) is 0 Å². The molecule has 1 N–H and O–H groups in total. The number of carbonyl (C=O) groups excluding carboxylic acids is 2. The van der Waals surface area contributed by atoms with Crippen LogP contribution in [0.2, 0.25) is 5.02 Å². The SMILES string of the molecule is COC(=O)c1ccc(OCC2CC(F)CN2C(=O)Cc2ccc3nc(Nc4ccccc4Cl)oc3c2)cc1. The topological polar surface area (TPSA) is 93.9 Å². The molecule has 1 saturated heterocycles. The predicted octanol–water partition coefficient (Wildman–Crippen LogP) is 5.57. The molecule has 196 valence electrons. The lowest BCUT2D eigenvalue weighted by atomic mass is 10.1. The van der Waals surface area contributed by atoms with Gasteiger partial charge in [0.2, 0.25) is 5.91 Å². The van der Waals surface area contributed by atoms with E-state index in [0.717, 1.165) is 5.56 Å². The number of carbonyl (C=O) groups is 2. The van der Waals surface area contributed by atoms with Gasteiger partial charge in [0.15, 0.2) is 5.58 Å². The number of hydrogen-bond acceptors (Lipinski definition) is 7. The molecule has 1 aliphatic rings. The first kappa shape index (κ1) is 25.5. The predicted molar refractivity (Wildman–Crippen MR) is 141 cm³/mol. The molecule has 3 aromatic carbocycles. The van der Waals surface area contributed by atoms with Crippen molar-refractivity contribution in [1.29, 1.82) is 0 Å². The third-order valence-corrected chi connectivity index (χ3v) is 6.65. The highest BCUT2D eigenvalue weighted by atomic mass is 35.5. The third kappa shape index (κ3) is 5.73. The fourth-order valence-corrected chi connectivity index (χ4v) is 4.59. The summed E-state index contributed by atoms with van der Waals surface area (Å²) in [7, 11) is 1.31. The van der Waals surface area contributed by atoms with Crippen LogP contribution in [-0.4, -0.2) is 54.2 Å². The van der Waals surface area contributed by atoms with Crippen molar-refractivity contribution < 1.29 is 27.9 Å². The lowest BCUT2D eigenvalue weighted by Gasteiger charge is -2.24. The monoisotopic (exact) mass is 537 g/mol. The number of benzene rings is 3. The van der Waals surface area contributed by atoms with Crippen molar-refractivity contribution in [1.82, 2.24) is 9.88 Å². The van der Waals surface area contributed by atoms with Gasteiger partial charge in [0.05, 0.1) is 42.4 Å². The molecule has 8 nitrogen and oxygen atoms in total. The number of nitrogens with zero attached hydrogens (tertiary/aromatic N) is 2. The molecule has 1 aromatic heterocycles. The summed E-state index contributed by atoms with van der Waals surface area (Å²) in [6.45, 7) is 0.159. The molecule has 5 rings (SSSR count). The van der Waals surface area contributed by atoms with Gasteiger partial charge < -0.3 is 24.1 Å². The molecule has 0 spiro atoms. The number of aromatic nitrogens is 1. The van der Waals surface area contributed by atoms with Crippen LogP contribution in [0.25, 0.3) is 11.1 Å². The van der Waals surface area contributed by atoms with Crippen molar-refractivity contribution in [3.8, 4) is 5.75 Å². The summed E-state index contributed by atoms with van der Waals surface area (Å²) in [5.41, 5.74) is 2.94. The minimum absolute atomic E-state index is 0.0184. The molecule has 0 bridgehead atoms. The van der Waals surface area contributed by atoms with Crippen LogP contribution in [0.5, 0.6) is 5.75 Å². The highest BCUT2D eigenvalue weighted by Gasteiger charge is 2.35. The number of oxazole rings is 1. The number of ether oxygens (including phenoxy) is 2. The van der Waals surface area contributed by atoms with E-state index in [9.17, 15) is 14.0 Å². The van der Waals surface area contributed by atoms with Crippen molar-refractivity contribution in [2.75, 3.05) is 25.6 Å². The highest BCUT2D eigenvalue weighted by Crippen LogP contribution is 2.28. The molecule has 0 radical (unpaired) electrons. The van der Waals surface area contributed by atoms with E-state index in [4.69, 9.17) is 20.8 Å². The maximum atomic E-state index is 14.3. The van der Waals surface area contributed by atoms with Crippen molar-refractivity contribution in [2.45, 2.75) is 25.1 Å². The second-order valence-electron chi connectivity index (χ2n) is 8.96. The number of anilines is 2. The van der Waals surface area contributed by atoms with E-state index in [2.05, 4.69) is 15.0 Å². The normalized spacial score (nSPS) is 17.0. The first-order valence-corrected chi connectivity index (χ1v) is 12.4. The number of esters is 1. The Hall–Kier alpha value is -4.11. The van der Waals surface area contributed by atoms with Crippen molar-refractivity contribution in [3.05, 3.63) is 82.9 Å². The molecule has 38 heavy (non-hydrogen) atoms. The Morgan fingerprint density at radius 3 is 2.71 bits per heavy atom. The molecular weight excluding hydrogens is 513 g/mol. The minimum atomic E-state index is -1.12. The van der Waals surface area contributed by atoms with Crippen LogP contribution in [0.3, 0.4) is 0 Å². The molecule has 0 aliphatic carbocycles. The first-order valence-electron chi connectivity index (χ1n) is 12.1. The second-order valence-corrected chi connectivity index (χ2v) is 9.37. The quantitative estimate of drug-likeness (QED) is 0.294. The van der Waals surface area contributed by atoms with Gasteiger partial charge in [0, 0.05) is 6.42 Å². The smallest absolute Gasteiger partial charge is 0.337 e. The van der Waals surface area contributed by atoms with Crippen LogP contribution < -0.4 is 10.1 Å². The number of amides is 1. The van der Waals surface area contributed by atoms with Gasteiger partial charge in [-0.15, -0.1) is 0 Å². The Morgan fingerprint density at radius 1 is 1.16 bits per heavy atom. The number of likely N-dealkylation sites (tertiary alicyclic amines) is 1. The van der Waals surface area contributed by atoms with Gasteiger partial charge in [0.1, 0.15) is 24.0 Å². The summed E-state index contributed by atoms with van der Waals surface area (Å²) in [6.07, 6.45) is -0.838. The Bertz CT molecular complexity index is 1460. The van der Waals surface area contributed by atoms with E-state index >= 15 is 0 Å². The van der Waals surface area contributed by atoms with Crippen molar-refractivity contribution >= 4 is 46.3 Å². The van der Waals surface area contributed by atoms with Gasteiger partial charge in [-0.25, -0.2) is 9.18 Å². The van der Waals surface area contributed by atoms with Crippen LogP contribution in [0.15, 0.2) is 71.1 Å². The lowest BCUT2D eigenvalue weighted by molar-refractivity contribution is -0.132. The number of rotatable bonds is 8. The van der Waals surface area contributed by atoms with Crippen LogP contribution in [0, 0.1) is 0 Å². The zero-order valence-electron chi connectivity index (χ0n) is 20.5. The summed E-state index contributed by atoms with van der Waals surface area (Å²) < 4.78 is 30.6. The van der Waals surface area contributed by atoms with Gasteiger partial charge in [-0.3, -0.25) is 4.79 Å². The largest absolute Gasteiger partial charge is 0.491 e. The van der Waals surface area contributed by atoms with E-state index in [-0.39, 0.29) is 37.9 Å². The maximum absolute atomic E-state index is 14.3. The average Bonchev–Trinajstić information content (AvgIpc) is 3.50. The molecule has 1 amide bonds. The lowest BCUT2D eigenvalue weighted by Crippen LogP contribution is -2.40. The summed E-state index contributed by atoms with van der Waals surface area (Å²) in [6, 6.07) is 18.9. The Kier molecular flexibility index (Phi) is 7.46. The average molecular weight is 538 g/mol. The van der Waals surface area contributed by atoms with Gasteiger partial charge in [-0.05, 0) is 54.1 Å². The number of alkyl halides is 1. The highest BCUT2D eigenvalue weighted by molar-refractivity contribution is 6.33. The van der Waals surface area contributed by atoms with Gasteiger partial charge in [0.25, 0.3) is 6.01 Å². The Morgan fingerprint density at radius 2 is 1.95 bits per heavy atom. The zero-order valence-corrected chi connectivity index (χ0v) is 21.3. The summed E-state index contributed by atoms with van der Waals surface area (Å²) in [4.78, 5) is 30.7. The molecule has 1 aliphatic heterocycles. The number of halogens is 2. The first-order chi connectivity index (χ1) is 18.4. The number of methoxy groups -OCH3 is 1. The zero-order chi connectivity index (χ0) is 26.6. The second kappa shape index (κ2) is 11.1. The van der Waals surface area contributed by atoms with E-state index in [1.165, 1.54) is 12.0 Å². The Balaban J connectivity index is 1.22. The molecule has 2 heterocycles. The molecule has 2 unspecified atom stereocenters. The number of fused-ring (bicyclic) bond motifs is 1. The molecular formula is C28H25ClFN3O5. The molecule has 1 fully saturated rings. The summed E-state index contributed by atoms with van der Waals surface area (Å²) in [5.74, 6) is -0.126. The van der Waals surface area contributed by atoms with E-state index in [0.29, 0.717) is 33.1 Å². The minimum Gasteiger partial charge on any atom is -0.491 e. The van der Waals surface area contributed by atoms with Gasteiger partial charge >= 0.3 is 5.97 Å². The van der Waals surface area contributed by atoms with Crippen LogP contribution in [0.1, 0.15) is 22.3 Å². The molecule has 2 atom stereocenters. The number of para-hydroxylation sites is 1. The summed E-state index contributed by atoms with van der Waals surface area (Å²) in [5, 5.41) is 3.59. The number of hydrogen-bond donors (Lipinski definition) is 1. The van der Waals surface area contributed by atoms with Gasteiger partial charge in [-0.1, -0.05) is 29.8 Å². The third-order valence-electron chi connectivity index (χ3n) is 6.33. The van der Waals surface area contributed by atoms with Crippen molar-refractivity contribution in [3.63, 3.8) is 0 Å².